The molecule has 0 aliphatic heterocycles. The van der Waals surface area contributed by atoms with Gasteiger partial charge in [-0.25, -0.2) is 13.9 Å². The van der Waals surface area contributed by atoms with Gasteiger partial charge in [0.15, 0.2) is 5.82 Å². The molecule has 0 aliphatic carbocycles. The van der Waals surface area contributed by atoms with Crippen LogP contribution in [0.3, 0.4) is 0 Å². The van der Waals surface area contributed by atoms with Crippen molar-refractivity contribution < 1.29 is 14.0 Å². The molecule has 4 rings (SSSR count). The minimum absolute atomic E-state index is 0.165. The van der Waals surface area contributed by atoms with Gasteiger partial charge in [0.1, 0.15) is 17.7 Å². The third kappa shape index (κ3) is 5.46. The van der Waals surface area contributed by atoms with Crippen LogP contribution in [0.5, 0.6) is 0 Å². The fraction of sp³-hybridized carbons (Fsp3) is 0.103. The summed E-state index contributed by atoms with van der Waals surface area (Å²) in [6, 6.07) is 15.1. The predicted molar refractivity (Wildman–Crippen MR) is 142 cm³/mol. The summed E-state index contributed by atoms with van der Waals surface area (Å²) in [6.45, 7) is 3.72. The van der Waals surface area contributed by atoms with Crippen molar-refractivity contribution in [2.24, 2.45) is 0 Å². The lowest BCUT2D eigenvalue weighted by Gasteiger charge is -2.09. The molecule has 2 heterocycles. The molecule has 0 unspecified atom stereocenters. The standard InChI is InChI=1S/C29H24FN5O2/c1-3-5-11-23(26(36)15-12-19-9-7-6-8-10-19)29(37)34-20-13-14-22(25(30)16-20)24-17-21(4-2)35-27(24)28(31)32-18-33-35/h3,5-11,13-14,16-18H,4H2,1-2H3,(H,34,37)(H2,31,32,33)/b5-3-,23-11+. The number of halogens is 1. The first kappa shape index (κ1) is 25.1. The third-order valence-electron chi connectivity index (χ3n) is 5.57. The SMILES string of the molecule is C/C=C\C=C(/C(=O)C#Cc1ccccc1)C(=O)Nc1ccc(-c2cc(CC)n3ncnc(N)c23)c(F)c1. The number of anilines is 2. The molecule has 8 heteroatoms. The molecular formula is C29H24FN5O2. The van der Waals surface area contributed by atoms with Crippen LogP contribution in [0.15, 0.2) is 84.7 Å². The summed E-state index contributed by atoms with van der Waals surface area (Å²) in [4.78, 5) is 29.7. The summed E-state index contributed by atoms with van der Waals surface area (Å²) in [6.07, 6.45) is 6.64. The highest BCUT2D eigenvalue weighted by Crippen LogP contribution is 2.33. The van der Waals surface area contributed by atoms with Crippen molar-refractivity contribution in [2.45, 2.75) is 20.3 Å². The van der Waals surface area contributed by atoms with E-state index in [1.165, 1.54) is 18.5 Å². The van der Waals surface area contributed by atoms with Crippen LogP contribution in [-0.4, -0.2) is 26.3 Å². The van der Waals surface area contributed by atoms with Gasteiger partial charge in [-0.2, -0.15) is 5.10 Å². The summed E-state index contributed by atoms with van der Waals surface area (Å²) >= 11 is 0. The molecule has 37 heavy (non-hydrogen) atoms. The monoisotopic (exact) mass is 493 g/mol. The molecule has 184 valence electrons. The van der Waals surface area contributed by atoms with E-state index < -0.39 is 17.5 Å². The number of benzene rings is 2. The van der Waals surface area contributed by atoms with E-state index in [2.05, 4.69) is 27.2 Å². The van der Waals surface area contributed by atoms with Gasteiger partial charge in [0.05, 0.1) is 5.57 Å². The number of ketones is 1. The molecule has 0 bridgehead atoms. The predicted octanol–water partition coefficient (Wildman–Crippen LogP) is 4.74. The van der Waals surface area contributed by atoms with Crippen LogP contribution >= 0.6 is 0 Å². The van der Waals surface area contributed by atoms with Gasteiger partial charge in [0.25, 0.3) is 5.91 Å². The fourth-order valence-electron chi connectivity index (χ4n) is 3.76. The molecule has 7 nitrogen and oxygen atoms in total. The van der Waals surface area contributed by atoms with Crippen LogP contribution in [0.4, 0.5) is 15.9 Å². The molecule has 0 saturated carbocycles. The zero-order valence-corrected chi connectivity index (χ0v) is 20.3. The molecule has 2 aromatic carbocycles. The average molecular weight is 494 g/mol. The average Bonchev–Trinajstić information content (AvgIpc) is 3.28. The van der Waals surface area contributed by atoms with Gasteiger partial charge in [0, 0.05) is 28.1 Å². The summed E-state index contributed by atoms with van der Waals surface area (Å²) in [5, 5.41) is 6.82. The number of Topliss-reactive ketones (excluding diaryl/α,β-unsaturated/α-hetero) is 1. The van der Waals surface area contributed by atoms with E-state index in [-0.39, 0.29) is 22.6 Å². The van der Waals surface area contributed by atoms with E-state index in [9.17, 15) is 9.59 Å². The van der Waals surface area contributed by atoms with E-state index in [0.717, 1.165) is 5.69 Å². The van der Waals surface area contributed by atoms with Crippen molar-refractivity contribution in [1.29, 1.82) is 0 Å². The summed E-state index contributed by atoms with van der Waals surface area (Å²) in [5.41, 5.74) is 8.92. The van der Waals surface area contributed by atoms with Crippen LogP contribution in [-0.2, 0) is 16.0 Å². The number of allylic oxidation sites excluding steroid dienone is 3. The highest BCUT2D eigenvalue weighted by Gasteiger charge is 2.19. The minimum Gasteiger partial charge on any atom is -0.382 e. The van der Waals surface area contributed by atoms with Crippen LogP contribution < -0.4 is 11.1 Å². The van der Waals surface area contributed by atoms with Gasteiger partial charge in [-0.3, -0.25) is 9.59 Å². The van der Waals surface area contributed by atoms with Crippen molar-refractivity contribution in [3.05, 3.63) is 102 Å². The van der Waals surface area contributed by atoms with E-state index in [1.807, 2.05) is 19.1 Å². The quantitative estimate of drug-likeness (QED) is 0.133. The third-order valence-corrected chi connectivity index (χ3v) is 5.57. The number of hydrogen-bond acceptors (Lipinski definition) is 5. The normalized spacial score (nSPS) is 11.4. The number of nitrogens with two attached hydrogens (primary N) is 1. The Balaban J connectivity index is 1.61. The number of nitrogens with one attached hydrogen (secondary N) is 1. The van der Waals surface area contributed by atoms with Crippen LogP contribution in [0.1, 0.15) is 25.1 Å². The Bertz CT molecular complexity index is 1610. The van der Waals surface area contributed by atoms with Crippen LogP contribution in [0, 0.1) is 17.7 Å². The van der Waals surface area contributed by atoms with E-state index in [1.54, 1.807) is 60.0 Å². The molecule has 0 atom stereocenters. The lowest BCUT2D eigenvalue weighted by Crippen LogP contribution is -2.20. The molecule has 0 spiro atoms. The zero-order valence-electron chi connectivity index (χ0n) is 20.3. The summed E-state index contributed by atoms with van der Waals surface area (Å²) in [5.74, 6) is 3.55. The van der Waals surface area contributed by atoms with Crippen molar-refractivity contribution in [2.75, 3.05) is 11.1 Å². The van der Waals surface area contributed by atoms with E-state index >= 15 is 4.39 Å². The topological polar surface area (TPSA) is 102 Å². The smallest absolute Gasteiger partial charge is 0.260 e. The Morgan fingerprint density at radius 2 is 1.92 bits per heavy atom. The number of hydrogen-bond donors (Lipinski definition) is 2. The molecule has 3 N–H and O–H groups in total. The molecule has 1 amide bonds. The maximum absolute atomic E-state index is 15.3. The van der Waals surface area contributed by atoms with Crippen molar-refractivity contribution >= 4 is 28.7 Å². The first-order valence-corrected chi connectivity index (χ1v) is 11.6. The molecule has 4 aromatic rings. The summed E-state index contributed by atoms with van der Waals surface area (Å²) in [7, 11) is 0. The molecule has 2 aromatic heterocycles. The second kappa shape index (κ2) is 11.1. The lowest BCUT2D eigenvalue weighted by atomic mass is 10.0. The molecule has 0 aliphatic rings. The lowest BCUT2D eigenvalue weighted by molar-refractivity contribution is -0.117. The number of carbonyl (C=O) groups is 2. The molecular weight excluding hydrogens is 469 g/mol. The number of rotatable bonds is 6. The molecule has 0 radical (unpaired) electrons. The van der Waals surface area contributed by atoms with Gasteiger partial charge in [-0.15, -0.1) is 0 Å². The highest BCUT2D eigenvalue weighted by molar-refractivity contribution is 6.29. The first-order chi connectivity index (χ1) is 17.9. The van der Waals surface area contributed by atoms with Crippen molar-refractivity contribution in [1.82, 2.24) is 14.6 Å². The Kier molecular flexibility index (Phi) is 7.55. The Morgan fingerprint density at radius 1 is 1.14 bits per heavy atom. The van der Waals surface area contributed by atoms with Crippen LogP contribution in [0.2, 0.25) is 0 Å². The summed E-state index contributed by atoms with van der Waals surface area (Å²) < 4.78 is 16.9. The maximum atomic E-state index is 15.3. The van der Waals surface area contributed by atoms with E-state index in [4.69, 9.17) is 5.73 Å². The highest BCUT2D eigenvalue weighted by atomic mass is 19.1. The van der Waals surface area contributed by atoms with Crippen LogP contribution in [0.25, 0.3) is 16.6 Å². The number of carbonyl (C=O) groups excluding carboxylic acids is 2. The van der Waals surface area contributed by atoms with Gasteiger partial charge < -0.3 is 11.1 Å². The number of fused-ring (bicyclic) bond motifs is 1. The zero-order chi connectivity index (χ0) is 26.4. The maximum Gasteiger partial charge on any atom is 0.260 e. The number of aromatic nitrogens is 3. The second-order valence-corrected chi connectivity index (χ2v) is 8.01. The minimum atomic E-state index is -0.696. The van der Waals surface area contributed by atoms with Crippen molar-refractivity contribution in [3.63, 3.8) is 0 Å². The largest absolute Gasteiger partial charge is 0.382 e. The number of amides is 1. The number of aryl methyl sites for hydroxylation is 1. The van der Waals surface area contributed by atoms with E-state index in [0.29, 0.717) is 23.1 Å². The fourth-order valence-corrected chi connectivity index (χ4v) is 3.76. The molecule has 0 fully saturated rings. The Morgan fingerprint density at radius 3 is 2.62 bits per heavy atom. The van der Waals surface area contributed by atoms with Gasteiger partial charge >= 0.3 is 0 Å². The first-order valence-electron chi connectivity index (χ1n) is 11.6. The molecule has 0 saturated heterocycles. The Labute approximate surface area is 213 Å². The number of nitrogens with zero attached hydrogens (tertiary/aromatic N) is 3. The number of nitrogen functional groups attached to an aromatic ring is 1. The van der Waals surface area contributed by atoms with Gasteiger partial charge in [0.2, 0.25) is 5.78 Å². The van der Waals surface area contributed by atoms with Gasteiger partial charge in [-0.05, 0) is 61.7 Å². The van der Waals surface area contributed by atoms with Gasteiger partial charge in [-0.1, -0.05) is 43.2 Å². The Hall–Kier alpha value is -5.03. The second-order valence-electron chi connectivity index (χ2n) is 8.01. The van der Waals surface area contributed by atoms with Crippen molar-refractivity contribution in [3.8, 4) is 23.0 Å².